The number of para-hydroxylation sites is 1. The van der Waals surface area contributed by atoms with E-state index < -0.39 is 0 Å². The van der Waals surface area contributed by atoms with E-state index in [1.165, 1.54) is 4.68 Å². The summed E-state index contributed by atoms with van der Waals surface area (Å²) in [6.07, 6.45) is 2.17. The van der Waals surface area contributed by atoms with Crippen molar-refractivity contribution in [1.29, 1.82) is 0 Å². The molecule has 9 heteroatoms. The summed E-state index contributed by atoms with van der Waals surface area (Å²) in [5.74, 6) is 0.925. The average Bonchev–Trinajstić information content (AvgIpc) is 2.83. The van der Waals surface area contributed by atoms with Crippen LogP contribution < -0.4 is 15.6 Å². The topological polar surface area (TPSA) is 85.6 Å². The van der Waals surface area contributed by atoms with E-state index >= 15 is 0 Å². The molecule has 0 atom stereocenters. The molecule has 0 aliphatic heterocycles. The van der Waals surface area contributed by atoms with Gasteiger partial charge in [0.15, 0.2) is 6.61 Å². The number of aromatic nitrogens is 2. The van der Waals surface area contributed by atoms with Crippen LogP contribution in [-0.2, 0) is 11.2 Å². The summed E-state index contributed by atoms with van der Waals surface area (Å²) in [7, 11) is 0. The minimum atomic E-state index is -0.241. The van der Waals surface area contributed by atoms with Gasteiger partial charge in [-0.3, -0.25) is 9.59 Å². The number of nitrogens with zero attached hydrogens (tertiary/aromatic N) is 3. The highest BCUT2D eigenvalue weighted by atomic mass is 127. The van der Waals surface area contributed by atoms with Gasteiger partial charge in [0.1, 0.15) is 11.6 Å². The number of fused-ring (bicyclic) bond motifs is 1. The van der Waals surface area contributed by atoms with Gasteiger partial charge >= 0.3 is 0 Å². The Balaban J connectivity index is 1.50. The number of amides is 1. The van der Waals surface area contributed by atoms with Gasteiger partial charge in [-0.15, -0.1) is 0 Å². The lowest BCUT2D eigenvalue weighted by molar-refractivity contribution is -0.118. The van der Waals surface area contributed by atoms with Crippen LogP contribution in [0, 0.1) is 3.57 Å². The Kier molecular flexibility index (Phi) is 7.73. The second-order valence-electron chi connectivity index (χ2n) is 7.30. The lowest BCUT2D eigenvalue weighted by atomic mass is 10.2. The maximum atomic E-state index is 13.0. The predicted octanol–water partition coefficient (Wildman–Crippen LogP) is 5.23. The molecule has 1 amide bonds. The summed E-state index contributed by atoms with van der Waals surface area (Å²) in [4.78, 5) is 29.7. The molecular formula is C25H20BrIN4O3. The highest BCUT2D eigenvalue weighted by Gasteiger charge is 2.10. The summed E-state index contributed by atoms with van der Waals surface area (Å²) in [5, 5.41) is 7.69. The van der Waals surface area contributed by atoms with Crippen molar-refractivity contribution in [2.75, 3.05) is 11.9 Å². The van der Waals surface area contributed by atoms with E-state index in [0.717, 1.165) is 19.3 Å². The fraction of sp³-hybridized carbons (Fsp3) is 0.120. The molecule has 1 N–H and O–H groups in total. The summed E-state index contributed by atoms with van der Waals surface area (Å²) in [6, 6.07) is 20.1. The van der Waals surface area contributed by atoms with Crippen LogP contribution in [0.15, 0.2) is 81.1 Å². The van der Waals surface area contributed by atoms with E-state index in [9.17, 15) is 9.59 Å². The van der Waals surface area contributed by atoms with Crippen molar-refractivity contribution >= 4 is 67.2 Å². The molecular weight excluding hydrogens is 611 g/mol. The maximum absolute atomic E-state index is 13.0. The van der Waals surface area contributed by atoms with Gasteiger partial charge in [0.05, 0.1) is 20.7 Å². The molecule has 0 unspecified atom stereocenters. The molecule has 0 aliphatic carbocycles. The Morgan fingerprint density at radius 3 is 2.71 bits per heavy atom. The molecule has 1 heterocycles. The molecule has 0 fully saturated rings. The quantitative estimate of drug-likeness (QED) is 0.224. The Labute approximate surface area is 218 Å². The largest absolute Gasteiger partial charge is 0.483 e. The third-order valence-corrected chi connectivity index (χ3v) is 6.22. The van der Waals surface area contributed by atoms with E-state index in [-0.39, 0.29) is 18.1 Å². The van der Waals surface area contributed by atoms with E-state index in [1.807, 2.05) is 61.5 Å². The average molecular weight is 631 g/mol. The molecule has 4 aromatic rings. The smallest absolute Gasteiger partial charge is 0.282 e. The van der Waals surface area contributed by atoms with Gasteiger partial charge < -0.3 is 10.1 Å². The standard InChI is InChI=1S/C25H20BrIN4O3/c1-2-23-30-21-10-9-17(26)13-19(21)25(33)31(23)28-14-16-8-11-22(20(27)12-16)34-15-24(32)29-18-6-4-3-5-7-18/h3-14H,2,15H2,1H3,(H,29,32). The van der Waals surface area contributed by atoms with Crippen LogP contribution >= 0.6 is 38.5 Å². The molecule has 172 valence electrons. The number of aryl methyl sites for hydroxylation is 1. The Hall–Kier alpha value is -3.05. The van der Waals surface area contributed by atoms with Gasteiger partial charge in [-0.25, -0.2) is 4.98 Å². The fourth-order valence-corrected chi connectivity index (χ4v) is 4.30. The number of hydrogen-bond acceptors (Lipinski definition) is 5. The number of ether oxygens (including phenoxy) is 1. The summed E-state index contributed by atoms with van der Waals surface area (Å²) < 4.78 is 8.63. The third kappa shape index (κ3) is 5.71. The van der Waals surface area contributed by atoms with Gasteiger partial charge in [0.25, 0.3) is 11.5 Å². The maximum Gasteiger partial charge on any atom is 0.282 e. The zero-order valence-electron chi connectivity index (χ0n) is 18.2. The van der Waals surface area contributed by atoms with E-state index in [4.69, 9.17) is 4.74 Å². The van der Waals surface area contributed by atoms with Gasteiger partial charge in [-0.05, 0) is 76.7 Å². The second-order valence-corrected chi connectivity index (χ2v) is 9.38. The second kappa shape index (κ2) is 10.9. The van der Waals surface area contributed by atoms with Crippen molar-refractivity contribution < 1.29 is 9.53 Å². The Bertz CT molecular complexity index is 1440. The molecule has 7 nitrogen and oxygen atoms in total. The number of nitrogens with one attached hydrogen (secondary N) is 1. The highest BCUT2D eigenvalue weighted by molar-refractivity contribution is 14.1. The van der Waals surface area contributed by atoms with Crippen molar-refractivity contribution in [2.45, 2.75) is 13.3 Å². The molecule has 4 rings (SSSR count). The van der Waals surface area contributed by atoms with Crippen LogP contribution in [0.25, 0.3) is 10.9 Å². The van der Waals surface area contributed by atoms with Crippen LogP contribution in [0.5, 0.6) is 5.75 Å². The molecule has 34 heavy (non-hydrogen) atoms. The summed E-state index contributed by atoms with van der Waals surface area (Å²) in [5.41, 5.74) is 1.92. The first-order valence-electron chi connectivity index (χ1n) is 10.5. The lowest BCUT2D eigenvalue weighted by Crippen LogP contribution is -2.22. The number of halogens is 2. The number of anilines is 1. The number of benzene rings is 3. The minimum absolute atomic E-state index is 0.105. The van der Waals surface area contributed by atoms with E-state index in [0.29, 0.717) is 28.9 Å². The molecule has 0 saturated carbocycles. The Morgan fingerprint density at radius 1 is 1.18 bits per heavy atom. The highest BCUT2D eigenvalue weighted by Crippen LogP contribution is 2.22. The molecule has 0 radical (unpaired) electrons. The number of carbonyl (C=O) groups excluding carboxylic acids is 1. The lowest BCUT2D eigenvalue weighted by Gasteiger charge is -2.10. The zero-order valence-corrected chi connectivity index (χ0v) is 21.9. The van der Waals surface area contributed by atoms with Gasteiger partial charge in [-0.1, -0.05) is 41.1 Å². The normalized spacial score (nSPS) is 11.1. The Morgan fingerprint density at radius 2 is 1.97 bits per heavy atom. The predicted molar refractivity (Wildman–Crippen MR) is 146 cm³/mol. The first-order valence-corrected chi connectivity index (χ1v) is 12.3. The SMILES string of the molecule is CCc1nc2ccc(Br)cc2c(=O)n1N=Cc1ccc(OCC(=O)Nc2ccccc2)c(I)c1. The minimum Gasteiger partial charge on any atom is -0.483 e. The van der Waals surface area contributed by atoms with Crippen molar-refractivity contribution in [3.05, 3.63) is 96.5 Å². The zero-order chi connectivity index (χ0) is 24.1. The molecule has 1 aromatic heterocycles. The van der Waals surface area contributed by atoms with Crippen LogP contribution in [0.2, 0.25) is 0 Å². The first kappa shape index (κ1) is 24.1. The summed E-state index contributed by atoms with van der Waals surface area (Å²) in [6.45, 7) is 1.83. The van der Waals surface area contributed by atoms with Crippen LogP contribution in [-0.4, -0.2) is 28.4 Å². The van der Waals surface area contributed by atoms with Crippen molar-refractivity contribution in [3.8, 4) is 5.75 Å². The number of hydrogen-bond donors (Lipinski definition) is 1. The van der Waals surface area contributed by atoms with E-state index in [2.05, 4.69) is 53.9 Å². The molecule has 0 aliphatic rings. The van der Waals surface area contributed by atoms with Crippen molar-refractivity contribution in [1.82, 2.24) is 9.66 Å². The molecule has 3 aromatic carbocycles. The molecule has 0 spiro atoms. The van der Waals surface area contributed by atoms with Crippen molar-refractivity contribution in [3.63, 3.8) is 0 Å². The van der Waals surface area contributed by atoms with Crippen molar-refractivity contribution in [2.24, 2.45) is 5.10 Å². The molecule has 0 saturated heterocycles. The van der Waals surface area contributed by atoms with E-state index in [1.54, 1.807) is 18.3 Å². The van der Waals surface area contributed by atoms with Crippen LogP contribution in [0.1, 0.15) is 18.3 Å². The number of rotatable bonds is 7. The van der Waals surface area contributed by atoms with Gasteiger partial charge in [-0.2, -0.15) is 9.78 Å². The van der Waals surface area contributed by atoms with Crippen LogP contribution in [0.3, 0.4) is 0 Å². The third-order valence-electron chi connectivity index (χ3n) is 4.89. The monoisotopic (exact) mass is 630 g/mol. The number of carbonyl (C=O) groups is 1. The van der Waals surface area contributed by atoms with Gasteiger partial charge in [0.2, 0.25) is 0 Å². The summed E-state index contributed by atoms with van der Waals surface area (Å²) >= 11 is 5.55. The fourth-order valence-electron chi connectivity index (χ4n) is 3.24. The first-order chi connectivity index (χ1) is 16.4. The molecule has 0 bridgehead atoms. The van der Waals surface area contributed by atoms with Crippen LogP contribution in [0.4, 0.5) is 5.69 Å². The van der Waals surface area contributed by atoms with Gasteiger partial charge in [0, 0.05) is 16.6 Å².